The molecule has 2 aliphatic rings. The highest BCUT2D eigenvalue weighted by Gasteiger charge is 2.35. The number of hydrogen-bond donors (Lipinski definition) is 0. The van der Waals surface area contributed by atoms with Crippen LogP contribution in [0.15, 0.2) is 10.5 Å². The SMILES string of the molecule is CC(C)(C)OC(=O)N1CCN2Cc3cc(F)c(Br)c(Cl)c3OCC2C1. The van der Waals surface area contributed by atoms with E-state index in [1.165, 1.54) is 6.07 Å². The third kappa shape index (κ3) is 4.04. The highest BCUT2D eigenvalue weighted by molar-refractivity contribution is 9.10. The Bertz CT molecular complexity index is 695. The summed E-state index contributed by atoms with van der Waals surface area (Å²) >= 11 is 9.37. The van der Waals surface area contributed by atoms with Gasteiger partial charge in [-0.3, -0.25) is 4.90 Å². The average Bonchev–Trinajstić information content (AvgIpc) is 2.69. The maximum absolute atomic E-state index is 14.0. The van der Waals surface area contributed by atoms with Crippen LogP contribution >= 0.6 is 27.5 Å². The number of carbonyl (C=O) groups is 1. The van der Waals surface area contributed by atoms with E-state index in [-0.39, 0.29) is 21.6 Å². The van der Waals surface area contributed by atoms with Crippen molar-refractivity contribution in [2.24, 2.45) is 0 Å². The summed E-state index contributed by atoms with van der Waals surface area (Å²) in [7, 11) is 0. The molecule has 1 saturated heterocycles. The summed E-state index contributed by atoms with van der Waals surface area (Å²) in [6.07, 6.45) is -0.319. The van der Waals surface area contributed by atoms with E-state index in [0.29, 0.717) is 38.5 Å². The molecule has 0 aromatic heterocycles. The number of piperazine rings is 1. The summed E-state index contributed by atoms with van der Waals surface area (Å²) in [5.74, 6) is 0.103. The van der Waals surface area contributed by atoms with Crippen LogP contribution in [0.5, 0.6) is 5.75 Å². The number of amides is 1. The number of rotatable bonds is 0. The first kappa shape index (κ1) is 18.7. The Morgan fingerprint density at radius 1 is 1.44 bits per heavy atom. The van der Waals surface area contributed by atoms with Gasteiger partial charge in [0.1, 0.15) is 28.8 Å². The Kier molecular flexibility index (Phi) is 5.19. The van der Waals surface area contributed by atoms with Crippen molar-refractivity contribution < 1.29 is 18.7 Å². The minimum absolute atomic E-state index is 0.00608. The molecule has 0 N–H and O–H groups in total. The Morgan fingerprint density at radius 3 is 2.84 bits per heavy atom. The van der Waals surface area contributed by atoms with Gasteiger partial charge in [-0.25, -0.2) is 9.18 Å². The van der Waals surface area contributed by atoms with Gasteiger partial charge in [-0.2, -0.15) is 0 Å². The Hall–Kier alpha value is -1.05. The molecule has 0 saturated carbocycles. The number of nitrogens with zero attached hydrogens (tertiary/aromatic N) is 2. The van der Waals surface area contributed by atoms with Crippen molar-refractivity contribution in [1.29, 1.82) is 0 Å². The maximum atomic E-state index is 14.0. The predicted molar refractivity (Wildman–Crippen MR) is 96.6 cm³/mol. The molecule has 1 amide bonds. The van der Waals surface area contributed by atoms with Gasteiger partial charge in [0.2, 0.25) is 0 Å². The van der Waals surface area contributed by atoms with Gasteiger partial charge in [0.05, 0.1) is 10.5 Å². The molecule has 0 aliphatic carbocycles. The Labute approximate surface area is 160 Å². The van der Waals surface area contributed by atoms with Gasteiger partial charge in [-0.1, -0.05) is 11.6 Å². The van der Waals surface area contributed by atoms with Crippen molar-refractivity contribution in [1.82, 2.24) is 9.80 Å². The summed E-state index contributed by atoms with van der Waals surface area (Å²) in [5.41, 5.74) is 0.195. The lowest BCUT2D eigenvalue weighted by atomic mass is 10.1. The van der Waals surface area contributed by atoms with E-state index in [9.17, 15) is 9.18 Å². The molecule has 8 heteroatoms. The largest absolute Gasteiger partial charge is 0.490 e. The van der Waals surface area contributed by atoms with Crippen molar-refractivity contribution in [2.45, 2.75) is 39.0 Å². The zero-order chi connectivity index (χ0) is 18.4. The van der Waals surface area contributed by atoms with Gasteiger partial charge >= 0.3 is 6.09 Å². The van der Waals surface area contributed by atoms with E-state index >= 15 is 0 Å². The number of benzene rings is 1. The minimum atomic E-state index is -0.526. The molecule has 2 aliphatic heterocycles. The molecule has 1 atom stereocenters. The zero-order valence-corrected chi connectivity index (χ0v) is 16.8. The van der Waals surface area contributed by atoms with E-state index < -0.39 is 11.4 Å². The summed E-state index contributed by atoms with van der Waals surface area (Å²) < 4.78 is 25.5. The minimum Gasteiger partial charge on any atom is -0.490 e. The fraction of sp³-hybridized carbons (Fsp3) is 0.588. The quantitative estimate of drug-likeness (QED) is 0.577. The number of carbonyl (C=O) groups excluding carboxylic acids is 1. The Morgan fingerprint density at radius 2 is 2.16 bits per heavy atom. The number of fused-ring (bicyclic) bond motifs is 2. The highest BCUT2D eigenvalue weighted by atomic mass is 79.9. The number of hydrogen-bond acceptors (Lipinski definition) is 4. The van der Waals surface area contributed by atoms with Gasteiger partial charge in [-0.05, 0) is 42.8 Å². The first-order valence-electron chi connectivity index (χ1n) is 8.17. The molecule has 1 aromatic rings. The molecule has 0 radical (unpaired) electrons. The summed E-state index contributed by atoms with van der Waals surface area (Å²) in [4.78, 5) is 16.2. The van der Waals surface area contributed by atoms with E-state index in [0.717, 1.165) is 5.56 Å². The van der Waals surface area contributed by atoms with Crippen LogP contribution < -0.4 is 4.74 Å². The van der Waals surface area contributed by atoms with Crippen LogP contribution in [0.1, 0.15) is 26.3 Å². The van der Waals surface area contributed by atoms with E-state index in [4.69, 9.17) is 21.1 Å². The lowest BCUT2D eigenvalue weighted by Gasteiger charge is -2.40. The van der Waals surface area contributed by atoms with Crippen LogP contribution in [0.3, 0.4) is 0 Å². The normalized spacial score (nSPS) is 21.0. The maximum Gasteiger partial charge on any atom is 0.410 e. The smallest absolute Gasteiger partial charge is 0.410 e. The van der Waals surface area contributed by atoms with Gasteiger partial charge in [0, 0.05) is 31.7 Å². The van der Waals surface area contributed by atoms with Gasteiger partial charge in [-0.15, -0.1) is 0 Å². The van der Waals surface area contributed by atoms with Crippen LogP contribution in [0, 0.1) is 5.82 Å². The van der Waals surface area contributed by atoms with E-state index in [2.05, 4.69) is 20.8 Å². The highest BCUT2D eigenvalue weighted by Crippen LogP contribution is 2.40. The molecule has 25 heavy (non-hydrogen) atoms. The van der Waals surface area contributed by atoms with Crippen molar-refractivity contribution in [3.8, 4) is 5.75 Å². The lowest BCUT2D eigenvalue weighted by Crippen LogP contribution is -2.56. The van der Waals surface area contributed by atoms with Crippen molar-refractivity contribution >= 4 is 33.6 Å². The summed E-state index contributed by atoms with van der Waals surface area (Å²) in [6.45, 7) is 8.19. The molecule has 0 spiro atoms. The first-order valence-corrected chi connectivity index (χ1v) is 9.34. The second-order valence-electron chi connectivity index (χ2n) is 7.34. The standard InChI is InChI=1S/C17H21BrClFN2O3/c1-17(2,3)25-16(23)22-5-4-21-7-10-6-12(20)13(18)14(19)15(10)24-9-11(21)8-22/h6,11H,4-5,7-9H2,1-3H3. The molecule has 1 fully saturated rings. The zero-order valence-electron chi connectivity index (χ0n) is 14.4. The Balaban J connectivity index is 1.75. The van der Waals surface area contributed by atoms with Crippen LogP contribution in [0.4, 0.5) is 9.18 Å². The van der Waals surface area contributed by atoms with Crippen LogP contribution in [-0.2, 0) is 11.3 Å². The second-order valence-corrected chi connectivity index (χ2v) is 8.51. The molecule has 5 nitrogen and oxygen atoms in total. The second kappa shape index (κ2) is 6.93. The molecule has 2 heterocycles. The first-order chi connectivity index (χ1) is 11.7. The van der Waals surface area contributed by atoms with Gasteiger partial charge in [0.25, 0.3) is 0 Å². The summed E-state index contributed by atoms with van der Waals surface area (Å²) in [5, 5.41) is 0.249. The molecule has 3 rings (SSSR count). The average molecular weight is 436 g/mol. The molecule has 1 aromatic carbocycles. The lowest BCUT2D eigenvalue weighted by molar-refractivity contribution is -0.00154. The molecule has 0 bridgehead atoms. The van der Waals surface area contributed by atoms with Crippen LogP contribution in [-0.4, -0.2) is 53.8 Å². The van der Waals surface area contributed by atoms with Crippen LogP contribution in [0.25, 0.3) is 0 Å². The van der Waals surface area contributed by atoms with Crippen LogP contribution in [0.2, 0.25) is 5.02 Å². The van der Waals surface area contributed by atoms with E-state index in [1.807, 2.05) is 20.8 Å². The molecular formula is C17H21BrClFN2O3. The van der Waals surface area contributed by atoms with Crippen molar-refractivity contribution in [3.05, 3.63) is 26.9 Å². The topological polar surface area (TPSA) is 42.0 Å². The summed E-state index contributed by atoms with van der Waals surface area (Å²) in [6, 6.07) is 1.46. The molecular weight excluding hydrogens is 415 g/mol. The number of ether oxygens (including phenoxy) is 2. The monoisotopic (exact) mass is 434 g/mol. The van der Waals surface area contributed by atoms with Crippen molar-refractivity contribution in [2.75, 3.05) is 26.2 Å². The third-order valence-electron chi connectivity index (χ3n) is 4.24. The predicted octanol–water partition coefficient (Wildman–Crippen LogP) is 4.06. The third-order valence-corrected chi connectivity index (χ3v) is 5.61. The molecule has 138 valence electrons. The van der Waals surface area contributed by atoms with Gasteiger partial charge < -0.3 is 14.4 Å². The van der Waals surface area contributed by atoms with Gasteiger partial charge in [0.15, 0.2) is 0 Å². The molecule has 1 unspecified atom stereocenters. The van der Waals surface area contributed by atoms with E-state index in [1.54, 1.807) is 4.90 Å². The van der Waals surface area contributed by atoms with Crippen molar-refractivity contribution in [3.63, 3.8) is 0 Å². The fourth-order valence-corrected chi connectivity index (χ4v) is 3.61. The fourth-order valence-electron chi connectivity index (χ4n) is 3.05. The number of halogens is 3.